The van der Waals surface area contributed by atoms with Crippen LogP contribution in [0.15, 0.2) is 32.2 Å². The van der Waals surface area contributed by atoms with E-state index in [0.717, 1.165) is 27.5 Å². The average Bonchev–Trinajstić information content (AvgIpc) is 2.29. The smallest absolute Gasteiger partial charge is 0.0704 e. The molecule has 1 aliphatic rings. The van der Waals surface area contributed by atoms with E-state index in [4.69, 9.17) is 0 Å². The lowest BCUT2D eigenvalue weighted by molar-refractivity contribution is 0.665. The number of benzene rings is 1. The fraction of sp³-hybridized carbons (Fsp3) is 0.417. The molecule has 1 aliphatic carbocycles. The van der Waals surface area contributed by atoms with E-state index in [1.165, 1.54) is 25.0 Å². The molecule has 1 N–H and O–H groups in total. The Balaban J connectivity index is 2.03. The van der Waals surface area contributed by atoms with E-state index in [2.05, 4.69) is 42.4 Å². The van der Waals surface area contributed by atoms with E-state index in [0.29, 0.717) is 0 Å². The summed E-state index contributed by atoms with van der Waals surface area (Å²) in [6, 6.07) is 6.04. The minimum Gasteiger partial charge on any atom is -0.277 e. The second kappa shape index (κ2) is 5.82. The van der Waals surface area contributed by atoms with Crippen LogP contribution >= 0.6 is 31.9 Å². The highest BCUT2D eigenvalue weighted by Crippen LogP contribution is 2.26. The standard InChI is InChI=1S/C12H14Br2N2/c13-9-6-7-12(11(14)8-9)16-15-10-4-2-1-3-5-10/h6-8,16H,1-5H2. The molecule has 0 bridgehead atoms. The first-order chi connectivity index (χ1) is 7.75. The van der Waals surface area contributed by atoms with Crippen molar-refractivity contribution in [2.45, 2.75) is 32.1 Å². The third kappa shape index (κ3) is 3.32. The highest BCUT2D eigenvalue weighted by Gasteiger charge is 2.06. The number of hydrazone groups is 1. The van der Waals surface area contributed by atoms with Crippen LogP contribution in [0.5, 0.6) is 0 Å². The summed E-state index contributed by atoms with van der Waals surface area (Å²) in [5.41, 5.74) is 5.44. The Morgan fingerprint density at radius 3 is 2.50 bits per heavy atom. The number of nitrogens with one attached hydrogen (secondary N) is 1. The Hall–Kier alpha value is -0.350. The van der Waals surface area contributed by atoms with Gasteiger partial charge in [-0.05, 0) is 59.8 Å². The zero-order chi connectivity index (χ0) is 11.4. The Morgan fingerprint density at radius 2 is 1.81 bits per heavy atom. The van der Waals surface area contributed by atoms with Crippen molar-refractivity contribution in [3.8, 4) is 0 Å². The second-order valence-electron chi connectivity index (χ2n) is 3.97. The minimum absolute atomic E-state index is 1.02. The predicted octanol–water partition coefficient (Wildman–Crippen LogP) is 4.94. The van der Waals surface area contributed by atoms with Crippen LogP contribution in [0.2, 0.25) is 0 Å². The topological polar surface area (TPSA) is 24.4 Å². The maximum absolute atomic E-state index is 4.47. The molecule has 2 nitrogen and oxygen atoms in total. The number of hydrogen-bond acceptors (Lipinski definition) is 2. The zero-order valence-corrected chi connectivity index (χ0v) is 12.1. The Bertz CT molecular complexity index is 394. The van der Waals surface area contributed by atoms with Crippen LogP contribution in [0.1, 0.15) is 32.1 Å². The lowest BCUT2D eigenvalue weighted by Crippen LogP contribution is -2.07. The van der Waals surface area contributed by atoms with Crippen LogP contribution in [0.4, 0.5) is 5.69 Å². The number of rotatable bonds is 2. The molecule has 0 saturated heterocycles. The molecule has 1 aromatic carbocycles. The monoisotopic (exact) mass is 344 g/mol. The molecular weight excluding hydrogens is 332 g/mol. The molecule has 16 heavy (non-hydrogen) atoms. The van der Waals surface area contributed by atoms with Gasteiger partial charge in [0.15, 0.2) is 0 Å². The van der Waals surface area contributed by atoms with E-state index in [1.54, 1.807) is 0 Å². The van der Waals surface area contributed by atoms with E-state index < -0.39 is 0 Å². The summed E-state index contributed by atoms with van der Waals surface area (Å²) < 4.78 is 2.09. The van der Waals surface area contributed by atoms with Gasteiger partial charge in [-0.1, -0.05) is 22.4 Å². The van der Waals surface area contributed by atoms with Crippen molar-refractivity contribution in [3.05, 3.63) is 27.1 Å². The van der Waals surface area contributed by atoms with Gasteiger partial charge in [0.05, 0.1) is 5.69 Å². The van der Waals surface area contributed by atoms with Gasteiger partial charge in [0, 0.05) is 14.7 Å². The SMILES string of the molecule is Brc1ccc(NN=C2CCCCC2)c(Br)c1. The highest BCUT2D eigenvalue weighted by atomic mass is 79.9. The predicted molar refractivity (Wildman–Crippen MR) is 76.0 cm³/mol. The molecule has 0 unspecified atom stereocenters. The molecule has 1 saturated carbocycles. The summed E-state index contributed by atoms with van der Waals surface area (Å²) in [6.45, 7) is 0. The molecule has 0 radical (unpaired) electrons. The highest BCUT2D eigenvalue weighted by molar-refractivity contribution is 9.11. The summed E-state index contributed by atoms with van der Waals surface area (Å²) >= 11 is 6.94. The first kappa shape index (κ1) is 12.1. The third-order valence-electron chi connectivity index (χ3n) is 2.70. The van der Waals surface area contributed by atoms with Gasteiger partial charge < -0.3 is 0 Å². The van der Waals surface area contributed by atoms with Gasteiger partial charge in [-0.2, -0.15) is 5.10 Å². The van der Waals surface area contributed by atoms with E-state index in [9.17, 15) is 0 Å². The van der Waals surface area contributed by atoms with Crippen molar-refractivity contribution in [1.82, 2.24) is 0 Å². The van der Waals surface area contributed by atoms with Gasteiger partial charge in [0.25, 0.3) is 0 Å². The number of hydrogen-bond donors (Lipinski definition) is 1. The molecular formula is C12H14Br2N2. The van der Waals surface area contributed by atoms with Crippen LogP contribution in [0.3, 0.4) is 0 Å². The molecule has 0 aliphatic heterocycles. The molecule has 1 fully saturated rings. The van der Waals surface area contributed by atoms with Gasteiger partial charge in [-0.25, -0.2) is 0 Å². The third-order valence-corrected chi connectivity index (χ3v) is 3.85. The van der Waals surface area contributed by atoms with Crippen molar-refractivity contribution < 1.29 is 0 Å². The van der Waals surface area contributed by atoms with Gasteiger partial charge in [0.2, 0.25) is 0 Å². The van der Waals surface area contributed by atoms with Crippen LogP contribution in [0, 0.1) is 0 Å². The summed E-state index contributed by atoms with van der Waals surface area (Å²) in [5, 5.41) is 4.47. The van der Waals surface area contributed by atoms with Crippen molar-refractivity contribution in [3.63, 3.8) is 0 Å². The fourth-order valence-electron chi connectivity index (χ4n) is 1.79. The molecule has 2 rings (SSSR count). The molecule has 0 aromatic heterocycles. The van der Waals surface area contributed by atoms with Crippen LogP contribution in [-0.4, -0.2) is 5.71 Å². The van der Waals surface area contributed by atoms with E-state index in [-0.39, 0.29) is 0 Å². The van der Waals surface area contributed by atoms with Crippen LogP contribution < -0.4 is 5.43 Å². The zero-order valence-electron chi connectivity index (χ0n) is 8.97. The Kier molecular flexibility index (Phi) is 4.41. The lowest BCUT2D eigenvalue weighted by Gasteiger charge is -2.13. The Labute approximate surface area is 113 Å². The van der Waals surface area contributed by atoms with Crippen LogP contribution in [0.25, 0.3) is 0 Å². The summed E-state index contributed by atoms with van der Waals surface area (Å²) in [5.74, 6) is 0. The fourth-order valence-corrected chi connectivity index (χ4v) is 2.93. The largest absolute Gasteiger partial charge is 0.277 e. The van der Waals surface area contributed by atoms with Gasteiger partial charge in [0.1, 0.15) is 0 Å². The molecule has 0 amide bonds. The number of anilines is 1. The van der Waals surface area contributed by atoms with Gasteiger partial charge in [-0.15, -0.1) is 0 Å². The molecule has 0 heterocycles. The quantitative estimate of drug-likeness (QED) is 0.754. The van der Waals surface area contributed by atoms with Gasteiger partial charge >= 0.3 is 0 Å². The number of halogens is 2. The second-order valence-corrected chi connectivity index (χ2v) is 5.74. The summed E-state index contributed by atoms with van der Waals surface area (Å²) in [4.78, 5) is 0. The molecule has 1 aromatic rings. The van der Waals surface area contributed by atoms with Gasteiger partial charge in [-0.3, -0.25) is 5.43 Å². The average molecular weight is 346 g/mol. The van der Waals surface area contributed by atoms with Crippen LogP contribution in [-0.2, 0) is 0 Å². The van der Waals surface area contributed by atoms with E-state index in [1.807, 2.05) is 18.2 Å². The summed E-state index contributed by atoms with van der Waals surface area (Å²) in [6.07, 6.45) is 6.19. The Morgan fingerprint density at radius 1 is 1.06 bits per heavy atom. The molecule has 0 spiro atoms. The normalized spacial score (nSPS) is 16.0. The van der Waals surface area contributed by atoms with Crippen molar-refractivity contribution in [2.75, 3.05) is 5.43 Å². The maximum Gasteiger partial charge on any atom is 0.0704 e. The minimum atomic E-state index is 1.02. The molecule has 86 valence electrons. The molecule has 0 atom stereocenters. The lowest BCUT2D eigenvalue weighted by atomic mass is 9.99. The number of nitrogens with zero attached hydrogens (tertiary/aromatic N) is 1. The van der Waals surface area contributed by atoms with Crippen molar-refractivity contribution >= 4 is 43.3 Å². The summed E-state index contributed by atoms with van der Waals surface area (Å²) in [7, 11) is 0. The maximum atomic E-state index is 4.47. The first-order valence-electron chi connectivity index (χ1n) is 5.52. The van der Waals surface area contributed by atoms with E-state index >= 15 is 0 Å². The first-order valence-corrected chi connectivity index (χ1v) is 7.11. The molecule has 4 heteroatoms. The van der Waals surface area contributed by atoms with Crippen molar-refractivity contribution in [2.24, 2.45) is 5.10 Å². The van der Waals surface area contributed by atoms with Crippen molar-refractivity contribution in [1.29, 1.82) is 0 Å².